The largest absolute Gasteiger partial charge is 0.379 e. The van der Waals surface area contributed by atoms with Gasteiger partial charge in [-0.15, -0.1) is 0 Å². The molecule has 3 fully saturated rings. The van der Waals surface area contributed by atoms with Gasteiger partial charge in [-0.1, -0.05) is 39.0 Å². The first-order chi connectivity index (χ1) is 10.6. The monoisotopic (exact) mass is 308 g/mol. The van der Waals surface area contributed by atoms with E-state index in [1.54, 1.807) is 0 Å². The van der Waals surface area contributed by atoms with Crippen molar-refractivity contribution in [2.45, 2.75) is 70.3 Å². The summed E-state index contributed by atoms with van der Waals surface area (Å²) in [7, 11) is 0. The zero-order chi connectivity index (χ0) is 15.6. The molecule has 1 amide bonds. The third-order valence-electron chi connectivity index (χ3n) is 6.78. The Morgan fingerprint density at radius 1 is 1.05 bits per heavy atom. The van der Waals surface area contributed by atoms with Gasteiger partial charge in [-0.3, -0.25) is 9.69 Å². The summed E-state index contributed by atoms with van der Waals surface area (Å²) in [5.74, 6) is 0.347. The van der Waals surface area contributed by atoms with Crippen molar-refractivity contribution >= 4 is 5.91 Å². The fraction of sp³-hybridized carbons (Fsp3) is 0.944. The van der Waals surface area contributed by atoms with Crippen molar-refractivity contribution in [2.24, 2.45) is 17.1 Å². The normalized spacial score (nSPS) is 36.9. The van der Waals surface area contributed by atoms with Crippen molar-refractivity contribution in [1.29, 1.82) is 0 Å². The number of rotatable bonds is 3. The second kappa shape index (κ2) is 6.48. The maximum absolute atomic E-state index is 12.3. The highest BCUT2D eigenvalue weighted by molar-refractivity contribution is 5.81. The molecule has 4 heteroatoms. The van der Waals surface area contributed by atoms with Crippen molar-refractivity contribution in [2.75, 3.05) is 26.3 Å². The highest BCUT2D eigenvalue weighted by Crippen LogP contribution is 2.53. The quantitative estimate of drug-likeness (QED) is 0.872. The standard InChI is InChI=1S/C18H32N2O2/c1-17(16(19)21)8-6-3-7-15(17)18(9-4-2-5-10-18)20-11-13-22-14-12-20/h15H,2-14H2,1H3,(H2,19,21). The molecule has 3 rings (SSSR count). The molecule has 1 heterocycles. The molecule has 2 saturated carbocycles. The van der Waals surface area contributed by atoms with Gasteiger partial charge in [0.25, 0.3) is 0 Å². The fourth-order valence-corrected chi connectivity index (χ4v) is 5.55. The van der Waals surface area contributed by atoms with Gasteiger partial charge in [0, 0.05) is 18.6 Å². The van der Waals surface area contributed by atoms with Crippen LogP contribution in [0.3, 0.4) is 0 Å². The van der Waals surface area contributed by atoms with Crippen molar-refractivity contribution in [3.63, 3.8) is 0 Å². The van der Waals surface area contributed by atoms with Crippen LogP contribution >= 0.6 is 0 Å². The number of nitrogens with two attached hydrogens (primary N) is 1. The molecule has 1 saturated heterocycles. The van der Waals surface area contributed by atoms with Gasteiger partial charge in [-0.2, -0.15) is 0 Å². The number of hydrogen-bond acceptors (Lipinski definition) is 3. The summed E-state index contributed by atoms with van der Waals surface area (Å²) in [5, 5.41) is 0. The molecule has 0 bridgehead atoms. The zero-order valence-electron chi connectivity index (χ0n) is 14.1. The van der Waals surface area contributed by atoms with Gasteiger partial charge >= 0.3 is 0 Å². The maximum atomic E-state index is 12.3. The van der Waals surface area contributed by atoms with Crippen molar-refractivity contribution in [3.8, 4) is 0 Å². The van der Waals surface area contributed by atoms with Crippen molar-refractivity contribution in [3.05, 3.63) is 0 Å². The molecule has 0 aromatic heterocycles. The van der Waals surface area contributed by atoms with Gasteiger partial charge in [-0.25, -0.2) is 0 Å². The Morgan fingerprint density at radius 2 is 1.68 bits per heavy atom. The molecule has 3 aliphatic rings. The van der Waals surface area contributed by atoms with Crippen molar-refractivity contribution < 1.29 is 9.53 Å². The van der Waals surface area contributed by atoms with E-state index in [1.807, 2.05) is 0 Å². The number of morpholine rings is 1. The molecule has 2 aliphatic carbocycles. The highest BCUT2D eigenvalue weighted by Gasteiger charge is 2.54. The number of hydrogen-bond donors (Lipinski definition) is 1. The molecule has 0 aromatic rings. The van der Waals surface area contributed by atoms with E-state index in [2.05, 4.69) is 11.8 Å². The fourth-order valence-electron chi connectivity index (χ4n) is 5.55. The van der Waals surface area contributed by atoms with Crippen molar-refractivity contribution in [1.82, 2.24) is 4.90 Å². The molecular formula is C18H32N2O2. The van der Waals surface area contributed by atoms with Gasteiger partial charge in [0.15, 0.2) is 0 Å². The zero-order valence-corrected chi connectivity index (χ0v) is 14.1. The molecule has 0 aromatic carbocycles. The second-order valence-corrected chi connectivity index (χ2v) is 7.84. The summed E-state index contributed by atoms with van der Waals surface area (Å²) < 4.78 is 5.59. The van der Waals surface area contributed by atoms with E-state index >= 15 is 0 Å². The van der Waals surface area contributed by atoms with E-state index in [0.29, 0.717) is 5.92 Å². The first-order valence-electron chi connectivity index (χ1n) is 9.22. The predicted molar refractivity (Wildman–Crippen MR) is 87.5 cm³/mol. The van der Waals surface area contributed by atoms with Crippen LogP contribution in [-0.2, 0) is 9.53 Å². The minimum Gasteiger partial charge on any atom is -0.379 e. The molecule has 0 spiro atoms. The summed E-state index contributed by atoms with van der Waals surface area (Å²) in [5.41, 5.74) is 5.77. The Morgan fingerprint density at radius 3 is 2.32 bits per heavy atom. The first-order valence-corrected chi connectivity index (χ1v) is 9.22. The Labute approximate surface area is 134 Å². The van der Waals surface area contributed by atoms with Crippen LogP contribution in [0, 0.1) is 11.3 Å². The Kier molecular flexibility index (Phi) is 4.79. The Hall–Kier alpha value is -0.610. The van der Waals surface area contributed by atoms with Crippen LogP contribution in [0.25, 0.3) is 0 Å². The molecule has 2 atom stereocenters. The number of amides is 1. The predicted octanol–water partition coefficient (Wildman–Crippen LogP) is 2.70. The summed E-state index contributed by atoms with van der Waals surface area (Å²) >= 11 is 0. The van der Waals surface area contributed by atoms with Crippen LogP contribution in [0.5, 0.6) is 0 Å². The van der Waals surface area contributed by atoms with Crippen LogP contribution in [0.15, 0.2) is 0 Å². The second-order valence-electron chi connectivity index (χ2n) is 7.84. The van der Waals surface area contributed by atoms with Gasteiger partial charge < -0.3 is 10.5 Å². The van der Waals surface area contributed by atoms with Crippen LogP contribution < -0.4 is 5.73 Å². The number of nitrogens with zero attached hydrogens (tertiary/aromatic N) is 1. The maximum Gasteiger partial charge on any atom is 0.223 e. The number of carbonyl (C=O) groups is 1. The minimum atomic E-state index is -0.326. The lowest BCUT2D eigenvalue weighted by Gasteiger charge is -2.58. The van der Waals surface area contributed by atoms with Gasteiger partial charge in [0.05, 0.1) is 18.6 Å². The third-order valence-corrected chi connectivity index (χ3v) is 6.78. The van der Waals surface area contributed by atoms with Crippen LogP contribution in [0.1, 0.15) is 64.7 Å². The van der Waals surface area contributed by atoms with E-state index in [0.717, 1.165) is 45.6 Å². The molecule has 2 unspecified atom stereocenters. The van der Waals surface area contributed by atoms with E-state index < -0.39 is 0 Å². The smallest absolute Gasteiger partial charge is 0.223 e. The first kappa shape index (κ1) is 16.3. The average molecular weight is 308 g/mol. The van der Waals surface area contributed by atoms with Gasteiger partial charge in [-0.05, 0) is 31.6 Å². The van der Waals surface area contributed by atoms with E-state index in [1.165, 1.54) is 38.5 Å². The number of ether oxygens (including phenoxy) is 1. The Bertz CT molecular complexity index is 400. The van der Waals surface area contributed by atoms with Gasteiger partial charge in [0.2, 0.25) is 5.91 Å². The summed E-state index contributed by atoms with van der Waals surface area (Å²) in [4.78, 5) is 15.0. The molecule has 126 valence electrons. The summed E-state index contributed by atoms with van der Waals surface area (Å²) in [6.07, 6.45) is 10.9. The SMILES string of the molecule is CC1(C(N)=O)CCCCC1C1(N2CCOCC2)CCCCC1. The lowest BCUT2D eigenvalue weighted by Crippen LogP contribution is -2.64. The van der Waals surface area contributed by atoms with Crippen LogP contribution in [0.4, 0.5) is 0 Å². The number of primary amides is 1. The molecule has 4 nitrogen and oxygen atoms in total. The lowest BCUT2D eigenvalue weighted by atomic mass is 9.55. The summed E-state index contributed by atoms with van der Waals surface area (Å²) in [6.45, 7) is 5.86. The molecule has 0 radical (unpaired) electrons. The van der Waals surface area contributed by atoms with E-state index in [4.69, 9.17) is 10.5 Å². The third kappa shape index (κ3) is 2.69. The minimum absolute atomic E-state index is 0.0737. The summed E-state index contributed by atoms with van der Waals surface area (Å²) in [6, 6.07) is 0. The molecular weight excluding hydrogens is 276 g/mol. The molecule has 1 aliphatic heterocycles. The number of carbonyl (C=O) groups excluding carboxylic acids is 1. The van der Waals surface area contributed by atoms with E-state index in [-0.39, 0.29) is 16.9 Å². The van der Waals surface area contributed by atoms with E-state index in [9.17, 15) is 4.79 Å². The topological polar surface area (TPSA) is 55.6 Å². The van der Waals surface area contributed by atoms with Crippen LogP contribution in [0.2, 0.25) is 0 Å². The highest BCUT2D eigenvalue weighted by atomic mass is 16.5. The molecule has 22 heavy (non-hydrogen) atoms. The van der Waals surface area contributed by atoms with Crippen LogP contribution in [-0.4, -0.2) is 42.6 Å². The molecule has 2 N–H and O–H groups in total. The van der Waals surface area contributed by atoms with Gasteiger partial charge in [0.1, 0.15) is 0 Å². The average Bonchev–Trinajstić information content (AvgIpc) is 2.56. The Balaban J connectivity index is 1.94. The lowest BCUT2D eigenvalue weighted by molar-refractivity contribution is -0.145.